The van der Waals surface area contributed by atoms with Crippen molar-refractivity contribution in [2.24, 2.45) is 0 Å². The summed E-state index contributed by atoms with van der Waals surface area (Å²) >= 11 is 0. The molecule has 0 bridgehead atoms. The van der Waals surface area contributed by atoms with Gasteiger partial charge in [-0.3, -0.25) is 9.00 Å². The summed E-state index contributed by atoms with van der Waals surface area (Å²) in [5.41, 5.74) is 1.53. The van der Waals surface area contributed by atoms with Gasteiger partial charge in [0.1, 0.15) is 5.69 Å². The molecule has 3 aromatic rings. The van der Waals surface area contributed by atoms with Crippen LogP contribution in [0.25, 0.3) is 11.3 Å². The normalized spacial score (nSPS) is 26.3. The Balaban J connectivity index is 1.15. The summed E-state index contributed by atoms with van der Waals surface area (Å²) in [7, 11) is -0.742. The van der Waals surface area contributed by atoms with Crippen molar-refractivity contribution in [2.45, 2.75) is 30.7 Å². The van der Waals surface area contributed by atoms with E-state index in [1.54, 1.807) is 6.07 Å². The van der Waals surface area contributed by atoms with E-state index in [-0.39, 0.29) is 29.5 Å². The Morgan fingerprint density at radius 1 is 1.07 bits per heavy atom. The van der Waals surface area contributed by atoms with Gasteiger partial charge in [0.2, 0.25) is 17.5 Å². The molecule has 28 heavy (non-hydrogen) atoms. The predicted octanol–water partition coefficient (Wildman–Crippen LogP) is 2.25. The molecular weight excluding hydrogens is 380 g/mol. The molecule has 144 valence electrons. The van der Waals surface area contributed by atoms with Gasteiger partial charge in [-0.2, -0.15) is 0 Å². The molecule has 1 aliphatic heterocycles. The van der Waals surface area contributed by atoms with Crippen LogP contribution in [0.5, 0.6) is 0 Å². The molecule has 9 heteroatoms. The lowest BCUT2D eigenvalue weighted by Gasteiger charge is -2.33. The summed E-state index contributed by atoms with van der Waals surface area (Å²) in [5, 5.41) is 15.1. The number of nitrogens with zero attached hydrogens (tertiary/aromatic N) is 3. The van der Waals surface area contributed by atoms with Crippen LogP contribution in [-0.4, -0.2) is 43.0 Å². The number of rotatable bonds is 5. The molecule has 1 saturated heterocycles. The lowest BCUT2D eigenvalue weighted by molar-refractivity contribution is 0.0865. The molecule has 1 N–H and O–H groups in total. The number of amides is 1. The van der Waals surface area contributed by atoms with E-state index >= 15 is 0 Å². The first kappa shape index (κ1) is 17.3. The van der Waals surface area contributed by atoms with Gasteiger partial charge in [0.25, 0.3) is 5.91 Å². The van der Waals surface area contributed by atoms with Gasteiger partial charge in [0.05, 0.1) is 5.92 Å². The highest BCUT2D eigenvalue weighted by atomic mass is 32.2. The summed E-state index contributed by atoms with van der Waals surface area (Å²) in [5.74, 6) is 2.58. The highest BCUT2D eigenvalue weighted by Crippen LogP contribution is 2.37. The van der Waals surface area contributed by atoms with Gasteiger partial charge in [-0.15, -0.1) is 10.2 Å². The first-order valence-corrected chi connectivity index (χ1v) is 10.7. The van der Waals surface area contributed by atoms with Crippen LogP contribution >= 0.6 is 0 Å². The zero-order chi connectivity index (χ0) is 19.1. The number of hydrogen-bond acceptors (Lipinski definition) is 7. The van der Waals surface area contributed by atoms with Crippen molar-refractivity contribution >= 4 is 16.7 Å². The number of benzene rings is 1. The molecule has 1 amide bonds. The zero-order valence-electron chi connectivity index (χ0n) is 14.9. The van der Waals surface area contributed by atoms with Crippen LogP contribution in [0, 0.1) is 0 Å². The van der Waals surface area contributed by atoms with E-state index in [1.165, 1.54) is 0 Å². The van der Waals surface area contributed by atoms with Crippen molar-refractivity contribution in [1.29, 1.82) is 0 Å². The van der Waals surface area contributed by atoms with Crippen LogP contribution in [0.4, 0.5) is 0 Å². The average molecular weight is 398 g/mol. The van der Waals surface area contributed by atoms with E-state index < -0.39 is 10.8 Å². The summed E-state index contributed by atoms with van der Waals surface area (Å²) in [4.78, 5) is 12.4. The second kappa shape index (κ2) is 6.97. The lowest BCUT2D eigenvalue weighted by Crippen LogP contribution is -2.43. The van der Waals surface area contributed by atoms with Gasteiger partial charge >= 0.3 is 0 Å². The molecule has 8 nitrogen and oxygen atoms in total. The molecule has 0 unspecified atom stereocenters. The molecule has 0 radical (unpaired) electrons. The number of aromatic nitrogens is 3. The molecule has 2 aromatic heterocycles. The first-order chi connectivity index (χ1) is 13.7. The van der Waals surface area contributed by atoms with Gasteiger partial charge in [-0.1, -0.05) is 35.5 Å². The van der Waals surface area contributed by atoms with Gasteiger partial charge in [-0.05, 0) is 12.8 Å². The summed E-state index contributed by atoms with van der Waals surface area (Å²) in [6.45, 7) is 0. The quantitative estimate of drug-likeness (QED) is 0.701. The monoisotopic (exact) mass is 398 g/mol. The van der Waals surface area contributed by atoms with Crippen molar-refractivity contribution < 1.29 is 17.9 Å². The first-order valence-electron chi connectivity index (χ1n) is 9.17. The number of carbonyl (C=O) groups excluding carboxylic acids is 1. The van der Waals surface area contributed by atoms with Crippen molar-refractivity contribution in [3.05, 3.63) is 53.9 Å². The maximum Gasteiger partial charge on any atom is 0.290 e. The molecule has 2 fully saturated rings. The second-order valence-electron chi connectivity index (χ2n) is 7.23. The number of carbonyl (C=O) groups is 1. The Hall–Kier alpha value is -2.81. The van der Waals surface area contributed by atoms with E-state index in [0.29, 0.717) is 29.0 Å². The van der Waals surface area contributed by atoms with Gasteiger partial charge < -0.3 is 14.3 Å². The fraction of sp³-hybridized carbons (Fsp3) is 0.368. The molecule has 1 aliphatic carbocycles. The van der Waals surface area contributed by atoms with Crippen LogP contribution < -0.4 is 5.32 Å². The Morgan fingerprint density at radius 3 is 2.50 bits per heavy atom. The smallest absolute Gasteiger partial charge is 0.290 e. The number of hydrogen-bond donors (Lipinski definition) is 1. The third kappa shape index (κ3) is 3.26. The van der Waals surface area contributed by atoms with E-state index in [1.807, 2.05) is 30.3 Å². The molecule has 0 atom stereocenters. The fourth-order valence-corrected chi connectivity index (χ4v) is 4.53. The van der Waals surface area contributed by atoms with Crippen LogP contribution in [0.1, 0.15) is 47.0 Å². The molecule has 0 spiro atoms. The molecular formula is C19H18N4O4S. The summed E-state index contributed by atoms with van der Waals surface area (Å²) in [6.07, 6.45) is 1.48. The van der Waals surface area contributed by atoms with E-state index in [2.05, 4.69) is 20.7 Å². The molecule has 3 heterocycles. The third-order valence-electron chi connectivity index (χ3n) is 5.21. The van der Waals surface area contributed by atoms with Crippen molar-refractivity contribution in [2.75, 3.05) is 11.5 Å². The maximum atomic E-state index is 12.4. The molecule has 2 aliphatic rings. The summed E-state index contributed by atoms with van der Waals surface area (Å²) in [6, 6.07) is 11.2. The van der Waals surface area contributed by atoms with E-state index in [9.17, 15) is 9.00 Å². The topological polar surface area (TPSA) is 111 Å². The van der Waals surface area contributed by atoms with Crippen LogP contribution in [0.2, 0.25) is 0 Å². The predicted molar refractivity (Wildman–Crippen MR) is 100 cm³/mol. The fourth-order valence-electron chi connectivity index (χ4n) is 3.44. The zero-order valence-corrected chi connectivity index (χ0v) is 15.7. The van der Waals surface area contributed by atoms with Gasteiger partial charge in [0, 0.05) is 45.9 Å². The average Bonchev–Trinajstić information content (AvgIpc) is 3.32. The molecule has 5 rings (SSSR count). The minimum atomic E-state index is -0.742. The van der Waals surface area contributed by atoms with Gasteiger partial charge in [-0.25, -0.2) is 0 Å². The van der Waals surface area contributed by atoms with Crippen LogP contribution in [0.15, 0.2) is 45.3 Å². The standard InChI is InChI=1S/C19H18N4O4S/c24-17(16-8-15(23-27-16)11-4-2-1-3-5-11)20-14-6-12(7-14)18-21-22-19(26-18)13-9-28(25)10-13/h1-5,8,12-14H,6-7,9-10H2,(H,20,24). The Kier molecular flexibility index (Phi) is 4.31. The van der Waals surface area contributed by atoms with Crippen molar-refractivity contribution in [3.8, 4) is 11.3 Å². The van der Waals surface area contributed by atoms with Crippen molar-refractivity contribution in [3.63, 3.8) is 0 Å². The largest absolute Gasteiger partial charge is 0.425 e. The van der Waals surface area contributed by atoms with Crippen LogP contribution in [0.3, 0.4) is 0 Å². The van der Waals surface area contributed by atoms with Crippen LogP contribution in [-0.2, 0) is 10.8 Å². The highest BCUT2D eigenvalue weighted by Gasteiger charge is 2.37. The maximum absolute atomic E-state index is 12.4. The van der Waals surface area contributed by atoms with E-state index in [4.69, 9.17) is 8.94 Å². The van der Waals surface area contributed by atoms with Crippen molar-refractivity contribution in [1.82, 2.24) is 20.7 Å². The highest BCUT2D eigenvalue weighted by molar-refractivity contribution is 7.86. The SMILES string of the molecule is O=C(NC1CC(c2nnc(C3CS(=O)C3)o2)C1)c1cc(-c2ccccc2)no1. The molecule has 1 saturated carbocycles. The Labute approximate surface area is 163 Å². The summed E-state index contributed by atoms with van der Waals surface area (Å²) < 4.78 is 22.1. The minimum Gasteiger partial charge on any atom is -0.425 e. The van der Waals surface area contributed by atoms with Gasteiger partial charge in [0.15, 0.2) is 0 Å². The van der Waals surface area contributed by atoms with E-state index in [0.717, 1.165) is 18.4 Å². The molecule has 1 aromatic carbocycles. The second-order valence-corrected chi connectivity index (χ2v) is 8.78. The third-order valence-corrected chi connectivity index (χ3v) is 6.75. The lowest BCUT2D eigenvalue weighted by atomic mass is 9.80. The Morgan fingerprint density at radius 2 is 1.79 bits per heavy atom. The Bertz CT molecular complexity index is 1020. The minimum absolute atomic E-state index is 0.0364. The number of nitrogens with one attached hydrogen (secondary N) is 1.